The topological polar surface area (TPSA) is 49.8 Å². The van der Waals surface area contributed by atoms with Crippen molar-refractivity contribution in [3.8, 4) is 0 Å². The molecule has 1 N–H and O–H groups in total. The van der Waals surface area contributed by atoms with Crippen LogP contribution in [0.1, 0.15) is 24.8 Å². The van der Waals surface area contributed by atoms with Gasteiger partial charge in [0, 0.05) is 56.0 Å². The van der Waals surface area contributed by atoms with Gasteiger partial charge in [0.2, 0.25) is 0 Å². The molecule has 5 nitrogen and oxygen atoms in total. The number of nitrogens with one attached hydrogen (secondary N) is 1. The average Bonchev–Trinajstić information content (AvgIpc) is 3.27. The fraction of sp³-hybridized carbons (Fsp3) is 0.750. The first-order valence-electron chi connectivity index (χ1n) is 8.42. The number of thiazole rings is 1. The van der Waals surface area contributed by atoms with Crippen LogP contribution in [0, 0.1) is 11.8 Å². The molecule has 3 aliphatic rings. The van der Waals surface area contributed by atoms with Gasteiger partial charge in [-0.3, -0.25) is 4.99 Å². The molecule has 6 heteroatoms. The maximum absolute atomic E-state index is 6.06. The van der Waals surface area contributed by atoms with Crippen molar-refractivity contribution in [3.05, 3.63) is 16.6 Å². The maximum atomic E-state index is 6.06. The molecule has 0 saturated carbocycles. The van der Waals surface area contributed by atoms with Crippen molar-refractivity contribution in [2.75, 3.05) is 26.2 Å². The first kappa shape index (κ1) is 14.5. The number of fused-ring (bicyclic) bond motifs is 5. The van der Waals surface area contributed by atoms with E-state index < -0.39 is 0 Å². The summed E-state index contributed by atoms with van der Waals surface area (Å²) >= 11 is 1.71. The van der Waals surface area contributed by atoms with Crippen LogP contribution in [-0.2, 0) is 11.2 Å². The fourth-order valence-electron chi connectivity index (χ4n) is 4.19. The molecule has 0 aromatic carbocycles. The number of aliphatic imine (C=N–C) groups is 1. The van der Waals surface area contributed by atoms with E-state index in [-0.39, 0.29) is 0 Å². The maximum Gasteiger partial charge on any atom is 0.193 e. The van der Waals surface area contributed by atoms with Crippen molar-refractivity contribution < 1.29 is 4.74 Å². The van der Waals surface area contributed by atoms with Crippen LogP contribution in [0.5, 0.6) is 0 Å². The average molecular weight is 320 g/mol. The Morgan fingerprint density at radius 3 is 2.82 bits per heavy atom. The second-order valence-electron chi connectivity index (χ2n) is 6.43. The lowest BCUT2D eigenvalue weighted by Crippen LogP contribution is -2.41. The minimum atomic E-state index is 0.512. The number of aromatic nitrogens is 1. The van der Waals surface area contributed by atoms with Gasteiger partial charge in [-0.1, -0.05) is 0 Å². The van der Waals surface area contributed by atoms with Crippen LogP contribution >= 0.6 is 11.3 Å². The van der Waals surface area contributed by atoms with E-state index in [1.165, 1.54) is 17.8 Å². The Balaban J connectivity index is 1.39. The Hall–Kier alpha value is -1.14. The first-order chi connectivity index (χ1) is 10.8. The highest BCUT2D eigenvalue weighted by molar-refractivity contribution is 7.09. The number of nitrogens with zero attached hydrogens (tertiary/aromatic N) is 3. The van der Waals surface area contributed by atoms with Gasteiger partial charge in [-0.2, -0.15) is 0 Å². The van der Waals surface area contributed by atoms with E-state index in [2.05, 4.69) is 22.1 Å². The van der Waals surface area contributed by atoms with Crippen molar-refractivity contribution in [2.24, 2.45) is 16.8 Å². The van der Waals surface area contributed by atoms with Crippen LogP contribution in [0.25, 0.3) is 0 Å². The lowest BCUT2D eigenvalue weighted by Gasteiger charge is -2.23. The van der Waals surface area contributed by atoms with E-state index in [9.17, 15) is 0 Å². The number of guanidine groups is 1. The normalized spacial score (nSPS) is 33.5. The second kappa shape index (κ2) is 6.16. The van der Waals surface area contributed by atoms with Gasteiger partial charge < -0.3 is 15.0 Å². The third-order valence-corrected chi connectivity index (χ3v) is 6.00. The molecule has 0 aliphatic carbocycles. The van der Waals surface area contributed by atoms with E-state index in [0.717, 1.165) is 50.4 Å². The SMILES string of the molecule is CCNC(=NCCc1nccs1)N1CC2C3CCC(O3)C2C1. The summed E-state index contributed by atoms with van der Waals surface area (Å²) in [7, 11) is 0. The van der Waals surface area contributed by atoms with Crippen LogP contribution < -0.4 is 5.32 Å². The Bertz CT molecular complexity index is 514. The molecule has 1 aromatic rings. The molecule has 120 valence electrons. The Morgan fingerprint density at radius 2 is 2.18 bits per heavy atom. The van der Waals surface area contributed by atoms with Crippen molar-refractivity contribution in [1.29, 1.82) is 0 Å². The zero-order valence-corrected chi connectivity index (χ0v) is 13.9. The van der Waals surface area contributed by atoms with Crippen molar-refractivity contribution in [1.82, 2.24) is 15.2 Å². The Labute approximate surface area is 135 Å². The minimum absolute atomic E-state index is 0.512. The van der Waals surface area contributed by atoms with Crippen LogP contribution in [0.15, 0.2) is 16.6 Å². The Kier molecular flexibility index (Phi) is 4.05. The molecule has 4 rings (SSSR count). The van der Waals surface area contributed by atoms with Gasteiger partial charge in [0.25, 0.3) is 0 Å². The monoisotopic (exact) mass is 320 g/mol. The van der Waals surface area contributed by atoms with E-state index in [4.69, 9.17) is 9.73 Å². The van der Waals surface area contributed by atoms with Crippen molar-refractivity contribution in [3.63, 3.8) is 0 Å². The molecular weight excluding hydrogens is 296 g/mol. The van der Waals surface area contributed by atoms with Crippen LogP contribution in [0.2, 0.25) is 0 Å². The highest BCUT2D eigenvalue weighted by atomic mass is 32.1. The molecule has 0 spiro atoms. The smallest absolute Gasteiger partial charge is 0.193 e. The molecular formula is C16H24N4OS. The predicted molar refractivity (Wildman–Crippen MR) is 88.2 cm³/mol. The predicted octanol–water partition coefficient (Wildman–Crippen LogP) is 1.76. The lowest BCUT2D eigenvalue weighted by atomic mass is 9.82. The summed E-state index contributed by atoms with van der Waals surface area (Å²) in [6, 6.07) is 0. The highest BCUT2D eigenvalue weighted by Crippen LogP contribution is 2.47. The van der Waals surface area contributed by atoms with Gasteiger partial charge >= 0.3 is 0 Å². The molecule has 22 heavy (non-hydrogen) atoms. The van der Waals surface area contributed by atoms with Crippen LogP contribution in [0.4, 0.5) is 0 Å². The number of hydrogen-bond donors (Lipinski definition) is 1. The number of ether oxygens (including phenoxy) is 1. The minimum Gasteiger partial charge on any atom is -0.374 e. The van der Waals surface area contributed by atoms with E-state index in [1.54, 1.807) is 11.3 Å². The lowest BCUT2D eigenvalue weighted by molar-refractivity contribution is 0.0767. The molecule has 2 bridgehead atoms. The third-order valence-electron chi connectivity index (χ3n) is 5.16. The summed E-state index contributed by atoms with van der Waals surface area (Å²) in [5.41, 5.74) is 0. The summed E-state index contributed by atoms with van der Waals surface area (Å²) in [4.78, 5) is 11.6. The molecule has 0 radical (unpaired) electrons. The molecule has 3 fully saturated rings. The van der Waals surface area contributed by atoms with Gasteiger partial charge in [-0.05, 0) is 19.8 Å². The fourth-order valence-corrected chi connectivity index (χ4v) is 4.80. The van der Waals surface area contributed by atoms with Gasteiger partial charge in [0.15, 0.2) is 5.96 Å². The van der Waals surface area contributed by atoms with Crippen LogP contribution in [0.3, 0.4) is 0 Å². The molecule has 0 amide bonds. The summed E-state index contributed by atoms with van der Waals surface area (Å²) in [5.74, 6) is 2.52. The number of hydrogen-bond acceptors (Lipinski definition) is 4. The zero-order valence-electron chi connectivity index (χ0n) is 13.1. The summed E-state index contributed by atoms with van der Waals surface area (Å²) in [6.07, 6.45) is 6.35. The highest BCUT2D eigenvalue weighted by Gasteiger charge is 2.53. The van der Waals surface area contributed by atoms with Crippen LogP contribution in [-0.4, -0.2) is 54.2 Å². The molecule has 4 heterocycles. The zero-order chi connectivity index (χ0) is 14.9. The number of rotatable bonds is 4. The van der Waals surface area contributed by atoms with E-state index >= 15 is 0 Å². The molecule has 1 aromatic heterocycles. The van der Waals surface area contributed by atoms with Crippen molar-refractivity contribution >= 4 is 17.3 Å². The first-order valence-corrected chi connectivity index (χ1v) is 9.30. The van der Waals surface area contributed by atoms with E-state index in [1.807, 2.05) is 11.6 Å². The molecule has 3 aliphatic heterocycles. The largest absolute Gasteiger partial charge is 0.374 e. The van der Waals surface area contributed by atoms with Gasteiger partial charge in [-0.25, -0.2) is 4.98 Å². The number of likely N-dealkylation sites (tertiary alicyclic amines) is 1. The van der Waals surface area contributed by atoms with Gasteiger partial charge in [0.1, 0.15) is 0 Å². The Morgan fingerprint density at radius 1 is 1.41 bits per heavy atom. The molecule has 4 unspecified atom stereocenters. The summed E-state index contributed by atoms with van der Waals surface area (Å²) < 4.78 is 6.06. The summed E-state index contributed by atoms with van der Waals surface area (Å²) in [5, 5.41) is 6.66. The van der Waals surface area contributed by atoms with Gasteiger partial charge in [-0.15, -0.1) is 11.3 Å². The standard InChI is InChI=1S/C16H24N4OS/c1-2-17-16(19-6-5-15-18-7-8-22-15)20-9-11-12(10-20)14-4-3-13(11)21-14/h7-8,11-14H,2-6,9-10H2,1H3,(H,17,19). The van der Waals surface area contributed by atoms with E-state index in [0.29, 0.717) is 12.2 Å². The van der Waals surface area contributed by atoms with Crippen molar-refractivity contribution in [2.45, 2.75) is 38.4 Å². The van der Waals surface area contributed by atoms with Gasteiger partial charge in [0.05, 0.1) is 17.2 Å². The molecule has 4 atom stereocenters. The second-order valence-corrected chi connectivity index (χ2v) is 7.41. The summed E-state index contributed by atoms with van der Waals surface area (Å²) in [6.45, 7) is 6.08. The third kappa shape index (κ3) is 2.63. The molecule has 3 saturated heterocycles. The quantitative estimate of drug-likeness (QED) is 0.678.